The third-order valence-corrected chi connectivity index (χ3v) is 3.52. The summed E-state index contributed by atoms with van der Waals surface area (Å²) in [5.41, 5.74) is 2.06. The fourth-order valence-corrected chi connectivity index (χ4v) is 2.22. The number of aryl methyl sites for hydroxylation is 1. The van der Waals surface area contributed by atoms with Crippen LogP contribution in [0.1, 0.15) is 11.1 Å². The first-order chi connectivity index (χ1) is 8.60. The molecule has 2 aromatic rings. The molecule has 1 aromatic carbocycles. The van der Waals surface area contributed by atoms with Crippen LogP contribution in [-0.2, 0) is 5.33 Å². The number of rotatable bonds is 3. The molecule has 0 unspecified atom stereocenters. The fourth-order valence-electron chi connectivity index (χ4n) is 1.46. The highest BCUT2D eigenvalue weighted by atomic mass is 79.9. The number of alkyl halides is 1. The van der Waals surface area contributed by atoms with Crippen molar-refractivity contribution in [2.24, 2.45) is 0 Å². The van der Waals surface area contributed by atoms with Gasteiger partial charge in [0, 0.05) is 22.1 Å². The van der Waals surface area contributed by atoms with Gasteiger partial charge in [-0.25, -0.2) is 4.98 Å². The lowest BCUT2D eigenvalue weighted by molar-refractivity contribution is 0.459. The molecule has 0 radical (unpaired) electrons. The number of nitrogens with zero attached hydrogens (tertiary/aromatic N) is 1. The van der Waals surface area contributed by atoms with Crippen LogP contribution in [0.5, 0.6) is 11.6 Å². The summed E-state index contributed by atoms with van der Waals surface area (Å²) in [5.74, 6) is 1.09. The van der Waals surface area contributed by atoms with Gasteiger partial charge in [-0.15, -0.1) is 0 Å². The van der Waals surface area contributed by atoms with E-state index in [9.17, 15) is 0 Å². The molecule has 1 heterocycles. The van der Waals surface area contributed by atoms with Crippen molar-refractivity contribution in [3.8, 4) is 11.6 Å². The Kier molecular flexibility index (Phi) is 4.49. The van der Waals surface area contributed by atoms with Gasteiger partial charge in [-0.05, 0) is 36.8 Å². The Balaban J connectivity index is 2.28. The summed E-state index contributed by atoms with van der Waals surface area (Å²) in [6.45, 7) is 1.94. The highest BCUT2D eigenvalue weighted by molar-refractivity contribution is 9.08. The number of pyridine rings is 1. The van der Waals surface area contributed by atoms with E-state index in [1.54, 1.807) is 24.4 Å². The Bertz CT molecular complexity index is 575. The van der Waals surface area contributed by atoms with E-state index >= 15 is 0 Å². The van der Waals surface area contributed by atoms with Crippen molar-refractivity contribution in [1.29, 1.82) is 0 Å². The summed E-state index contributed by atoms with van der Waals surface area (Å²) in [6.07, 6.45) is 1.76. The molecule has 0 spiro atoms. The van der Waals surface area contributed by atoms with E-state index in [1.807, 2.05) is 13.0 Å². The number of halogens is 3. The molecule has 0 atom stereocenters. The third-order valence-electron chi connectivity index (χ3n) is 2.34. The first-order valence-electron chi connectivity index (χ1n) is 5.24. The monoisotopic (exact) mass is 345 g/mol. The maximum Gasteiger partial charge on any atom is 0.222 e. The van der Waals surface area contributed by atoms with Crippen molar-refractivity contribution in [2.75, 3.05) is 0 Å². The lowest BCUT2D eigenvalue weighted by Crippen LogP contribution is -1.93. The molecule has 0 aliphatic carbocycles. The molecular formula is C13H10BrCl2NO. The normalized spacial score (nSPS) is 10.4. The first kappa shape index (κ1) is 13.7. The average molecular weight is 347 g/mol. The van der Waals surface area contributed by atoms with Crippen LogP contribution in [0.3, 0.4) is 0 Å². The van der Waals surface area contributed by atoms with Crippen molar-refractivity contribution in [3.63, 3.8) is 0 Å². The third kappa shape index (κ3) is 3.16. The standard InChI is InChI=1S/C13H10BrCl2NO/c1-8-4-9(6-14)7-17-13(8)18-12-3-2-10(15)5-11(12)16/h2-5,7H,6H2,1H3. The van der Waals surface area contributed by atoms with Crippen LogP contribution >= 0.6 is 39.1 Å². The summed E-state index contributed by atoms with van der Waals surface area (Å²) >= 11 is 15.3. The molecule has 1 aromatic heterocycles. The van der Waals surface area contributed by atoms with Crippen LogP contribution < -0.4 is 4.74 Å². The summed E-state index contributed by atoms with van der Waals surface area (Å²) in [5, 5.41) is 1.81. The minimum absolute atomic E-state index is 0.466. The molecule has 2 rings (SSSR count). The Morgan fingerprint density at radius 3 is 2.67 bits per heavy atom. The topological polar surface area (TPSA) is 22.1 Å². The van der Waals surface area contributed by atoms with Crippen molar-refractivity contribution in [3.05, 3.63) is 51.6 Å². The van der Waals surface area contributed by atoms with E-state index in [2.05, 4.69) is 20.9 Å². The van der Waals surface area contributed by atoms with E-state index in [0.29, 0.717) is 21.7 Å². The molecule has 0 bridgehead atoms. The van der Waals surface area contributed by atoms with Crippen molar-refractivity contribution < 1.29 is 4.74 Å². The molecule has 0 saturated heterocycles. The predicted molar refractivity (Wildman–Crippen MR) is 78.1 cm³/mol. The summed E-state index contributed by atoms with van der Waals surface area (Å²) in [4.78, 5) is 4.26. The van der Waals surface area contributed by atoms with Crippen LogP contribution in [0.15, 0.2) is 30.5 Å². The largest absolute Gasteiger partial charge is 0.437 e. The SMILES string of the molecule is Cc1cc(CBr)cnc1Oc1ccc(Cl)cc1Cl. The molecule has 0 amide bonds. The van der Waals surface area contributed by atoms with Crippen LogP contribution in [0.2, 0.25) is 10.0 Å². The van der Waals surface area contributed by atoms with Gasteiger partial charge in [0.25, 0.3) is 0 Å². The maximum absolute atomic E-state index is 6.05. The second-order valence-corrected chi connectivity index (χ2v) is 5.18. The van der Waals surface area contributed by atoms with Gasteiger partial charge in [-0.1, -0.05) is 39.1 Å². The fraction of sp³-hybridized carbons (Fsp3) is 0.154. The quantitative estimate of drug-likeness (QED) is 0.695. The van der Waals surface area contributed by atoms with E-state index in [0.717, 1.165) is 16.5 Å². The Morgan fingerprint density at radius 2 is 2.06 bits per heavy atom. The number of aromatic nitrogens is 1. The molecule has 94 valence electrons. The number of ether oxygens (including phenoxy) is 1. The van der Waals surface area contributed by atoms with E-state index < -0.39 is 0 Å². The molecule has 2 nitrogen and oxygen atoms in total. The number of hydrogen-bond donors (Lipinski definition) is 0. The number of hydrogen-bond acceptors (Lipinski definition) is 2. The van der Waals surface area contributed by atoms with Gasteiger partial charge in [0.2, 0.25) is 5.88 Å². The zero-order valence-corrected chi connectivity index (χ0v) is 12.7. The minimum atomic E-state index is 0.466. The predicted octanol–water partition coefficient (Wildman–Crippen LogP) is 5.38. The zero-order valence-electron chi connectivity index (χ0n) is 9.58. The van der Waals surface area contributed by atoms with E-state index in [-0.39, 0.29) is 0 Å². The van der Waals surface area contributed by atoms with Gasteiger partial charge in [0.1, 0.15) is 5.75 Å². The molecule has 0 aliphatic heterocycles. The van der Waals surface area contributed by atoms with Crippen molar-refractivity contribution >= 4 is 39.1 Å². The van der Waals surface area contributed by atoms with E-state index in [1.165, 1.54) is 0 Å². The van der Waals surface area contributed by atoms with Crippen LogP contribution in [0, 0.1) is 6.92 Å². The highest BCUT2D eigenvalue weighted by Gasteiger charge is 2.07. The first-order valence-corrected chi connectivity index (χ1v) is 7.12. The molecule has 5 heteroatoms. The highest BCUT2D eigenvalue weighted by Crippen LogP contribution is 2.32. The van der Waals surface area contributed by atoms with Crippen molar-refractivity contribution in [2.45, 2.75) is 12.3 Å². The Hall–Kier alpha value is -0.770. The van der Waals surface area contributed by atoms with Crippen LogP contribution in [0.4, 0.5) is 0 Å². The van der Waals surface area contributed by atoms with Gasteiger partial charge in [-0.2, -0.15) is 0 Å². The molecular weight excluding hydrogens is 337 g/mol. The minimum Gasteiger partial charge on any atom is -0.437 e. The molecule has 18 heavy (non-hydrogen) atoms. The Labute approximate surface area is 124 Å². The second-order valence-electron chi connectivity index (χ2n) is 3.78. The van der Waals surface area contributed by atoms with E-state index in [4.69, 9.17) is 27.9 Å². The molecule has 0 aliphatic rings. The molecule has 0 N–H and O–H groups in total. The summed E-state index contributed by atoms with van der Waals surface area (Å²) < 4.78 is 5.68. The summed E-state index contributed by atoms with van der Waals surface area (Å²) in [7, 11) is 0. The van der Waals surface area contributed by atoms with Gasteiger partial charge in [-0.3, -0.25) is 0 Å². The lowest BCUT2D eigenvalue weighted by Gasteiger charge is -2.09. The van der Waals surface area contributed by atoms with Gasteiger partial charge >= 0.3 is 0 Å². The van der Waals surface area contributed by atoms with Gasteiger partial charge in [0.05, 0.1) is 5.02 Å². The van der Waals surface area contributed by atoms with Crippen molar-refractivity contribution in [1.82, 2.24) is 4.98 Å². The second kappa shape index (κ2) is 5.91. The molecule has 0 saturated carbocycles. The van der Waals surface area contributed by atoms with Gasteiger partial charge in [0.15, 0.2) is 0 Å². The lowest BCUT2D eigenvalue weighted by atomic mass is 10.2. The van der Waals surface area contributed by atoms with Crippen LogP contribution in [0.25, 0.3) is 0 Å². The zero-order chi connectivity index (χ0) is 13.1. The number of benzene rings is 1. The van der Waals surface area contributed by atoms with Crippen LogP contribution in [-0.4, -0.2) is 4.98 Å². The van der Waals surface area contributed by atoms with Gasteiger partial charge < -0.3 is 4.74 Å². The average Bonchev–Trinajstić information content (AvgIpc) is 2.34. The smallest absolute Gasteiger partial charge is 0.222 e. The molecule has 0 fully saturated rings. The summed E-state index contributed by atoms with van der Waals surface area (Å²) in [6, 6.07) is 7.11. The Morgan fingerprint density at radius 1 is 1.28 bits per heavy atom. The maximum atomic E-state index is 6.05.